The summed E-state index contributed by atoms with van der Waals surface area (Å²) in [5, 5.41) is 1.46. The topological polar surface area (TPSA) is 30.7 Å². The Balaban J connectivity index is 2.78. The Labute approximate surface area is 87.7 Å². The van der Waals surface area contributed by atoms with E-state index in [0.29, 0.717) is 17.0 Å². The molecule has 2 aromatic rings. The molecule has 0 bridgehead atoms. The molecule has 0 amide bonds. The molecule has 0 aliphatic carbocycles. The molecular formula is C10H12ClN3. The highest BCUT2D eigenvalue weighted by Gasteiger charge is 2.09. The molecule has 74 valence electrons. The molecule has 3 nitrogen and oxygen atoms in total. The number of aromatic nitrogens is 3. The van der Waals surface area contributed by atoms with E-state index in [4.69, 9.17) is 11.6 Å². The van der Waals surface area contributed by atoms with Gasteiger partial charge in [0.2, 0.25) is 0 Å². The molecule has 0 fully saturated rings. The van der Waals surface area contributed by atoms with Crippen molar-refractivity contribution in [3.63, 3.8) is 0 Å². The Hall–Kier alpha value is -1.09. The highest BCUT2D eigenvalue weighted by atomic mass is 35.5. The summed E-state index contributed by atoms with van der Waals surface area (Å²) in [6.45, 7) is 6.08. The second-order valence-corrected chi connectivity index (χ2v) is 3.97. The summed E-state index contributed by atoms with van der Waals surface area (Å²) in [5.74, 6) is 0.711. The lowest BCUT2D eigenvalue weighted by atomic mass is 10.4. The number of aryl methyl sites for hydroxylation is 1. The number of halogens is 1. The maximum atomic E-state index is 6.02. The van der Waals surface area contributed by atoms with Crippen LogP contribution in [0.4, 0.5) is 0 Å². The Morgan fingerprint density at radius 1 is 1.36 bits per heavy atom. The van der Waals surface area contributed by atoms with E-state index in [1.807, 2.05) is 19.2 Å². The second-order valence-electron chi connectivity index (χ2n) is 3.62. The van der Waals surface area contributed by atoms with Crippen molar-refractivity contribution < 1.29 is 0 Å². The Morgan fingerprint density at radius 3 is 2.71 bits per heavy atom. The fourth-order valence-electron chi connectivity index (χ4n) is 1.52. The minimum atomic E-state index is 0.387. The van der Waals surface area contributed by atoms with Crippen LogP contribution in [0.5, 0.6) is 0 Å². The van der Waals surface area contributed by atoms with Crippen LogP contribution in [0.3, 0.4) is 0 Å². The van der Waals surface area contributed by atoms with Crippen LogP contribution in [0.25, 0.3) is 11.0 Å². The molecule has 0 aliphatic heterocycles. The van der Waals surface area contributed by atoms with E-state index in [-0.39, 0.29) is 0 Å². The summed E-state index contributed by atoms with van der Waals surface area (Å²) < 4.78 is 2.09. The van der Waals surface area contributed by atoms with E-state index in [9.17, 15) is 0 Å². The molecule has 0 saturated carbocycles. The van der Waals surface area contributed by atoms with Gasteiger partial charge in [0.25, 0.3) is 0 Å². The predicted molar refractivity (Wildman–Crippen MR) is 57.7 cm³/mol. The van der Waals surface area contributed by atoms with E-state index in [2.05, 4.69) is 28.4 Å². The summed E-state index contributed by atoms with van der Waals surface area (Å²) >= 11 is 6.02. The Kier molecular flexibility index (Phi) is 2.19. The molecule has 0 radical (unpaired) electrons. The van der Waals surface area contributed by atoms with E-state index in [1.165, 1.54) is 0 Å². The van der Waals surface area contributed by atoms with E-state index in [0.717, 1.165) is 11.0 Å². The van der Waals surface area contributed by atoms with Gasteiger partial charge >= 0.3 is 0 Å². The third kappa shape index (κ3) is 1.38. The zero-order valence-electron chi connectivity index (χ0n) is 8.45. The fraction of sp³-hybridized carbons (Fsp3) is 0.400. The predicted octanol–water partition coefficient (Wildman–Crippen LogP) is 2.97. The molecule has 0 saturated heterocycles. The largest absolute Gasteiger partial charge is 0.330 e. The maximum Gasteiger partial charge on any atom is 0.145 e. The molecule has 2 heterocycles. The van der Waals surface area contributed by atoms with Crippen LogP contribution in [0, 0.1) is 6.92 Å². The summed E-state index contributed by atoms with van der Waals surface area (Å²) in [6, 6.07) is 2.34. The van der Waals surface area contributed by atoms with Crippen LogP contribution < -0.4 is 0 Å². The molecule has 2 aromatic heterocycles. The van der Waals surface area contributed by atoms with Gasteiger partial charge in [0.05, 0.1) is 5.39 Å². The van der Waals surface area contributed by atoms with E-state index >= 15 is 0 Å². The lowest BCUT2D eigenvalue weighted by molar-refractivity contribution is 0.617. The maximum absolute atomic E-state index is 6.02. The average Bonchev–Trinajstić information content (AvgIpc) is 2.47. The molecule has 4 heteroatoms. The van der Waals surface area contributed by atoms with Crippen molar-refractivity contribution in [2.24, 2.45) is 0 Å². The SMILES string of the molecule is Cc1nc(Cl)c2ccn(C(C)C)c2n1. The molecule has 0 aromatic carbocycles. The van der Waals surface area contributed by atoms with Gasteiger partial charge in [-0.25, -0.2) is 9.97 Å². The van der Waals surface area contributed by atoms with Gasteiger partial charge in [0.1, 0.15) is 16.6 Å². The van der Waals surface area contributed by atoms with Crippen LogP contribution in [-0.4, -0.2) is 14.5 Å². The van der Waals surface area contributed by atoms with Crippen molar-refractivity contribution in [2.45, 2.75) is 26.8 Å². The molecule has 2 rings (SSSR count). The van der Waals surface area contributed by atoms with E-state index < -0.39 is 0 Å². The number of hydrogen-bond acceptors (Lipinski definition) is 2. The zero-order chi connectivity index (χ0) is 10.3. The smallest absolute Gasteiger partial charge is 0.145 e. The molecule has 0 aliphatic rings. The van der Waals surface area contributed by atoms with Gasteiger partial charge in [-0.15, -0.1) is 0 Å². The van der Waals surface area contributed by atoms with Crippen LogP contribution in [0.15, 0.2) is 12.3 Å². The van der Waals surface area contributed by atoms with Gasteiger partial charge in [-0.2, -0.15) is 0 Å². The monoisotopic (exact) mass is 209 g/mol. The van der Waals surface area contributed by atoms with Crippen molar-refractivity contribution in [1.29, 1.82) is 0 Å². The summed E-state index contributed by atoms with van der Waals surface area (Å²) in [5.41, 5.74) is 0.914. The quantitative estimate of drug-likeness (QED) is 0.676. The van der Waals surface area contributed by atoms with Crippen LogP contribution in [0.1, 0.15) is 25.7 Å². The molecule has 0 spiro atoms. The summed E-state index contributed by atoms with van der Waals surface area (Å²) in [4.78, 5) is 8.50. The molecule has 0 N–H and O–H groups in total. The first-order valence-corrected chi connectivity index (χ1v) is 4.98. The second kappa shape index (κ2) is 3.24. The number of hydrogen-bond donors (Lipinski definition) is 0. The van der Waals surface area contributed by atoms with Crippen molar-refractivity contribution in [2.75, 3.05) is 0 Å². The standard InChI is InChI=1S/C10H12ClN3/c1-6(2)14-5-4-8-9(11)12-7(3)13-10(8)14/h4-6H,1-3H3. The highest BCUT2D eigenvalue weighted by Crippen LogP contribution is 2.23. The van der Waals surface area contributed by atoms with Gasteiger partial charge < -0.3 is 4.57 Å². The van der Waals surface area contributed by atoms with Crippen LogP contribution in [-0.2, 0) is 0 Å². The van der Waals surface area contributed by atoms with Gasteiger partial charge in [-0.05, 0) is 26.8 Å². The Bertz CT molecular complexity index is 473. The summed E-state index contributed by atoms with van der Waals surface area (Å²) in [6.07, 6.45) is 2.00. The van der Waals surface area contributed by atoms with Crippen molar-refractivity contribution in [1.82, 2.24) is 14.5 Å². The number of fused-ring (bicyclic) bond motifs is 1. The molecular weight excluding hydrogens is 198 g/mol. The zero-order valence-corrected chi connectivity index (χ0v) is 9.21. The Morgan fingerprint density at radius 2 is 2.07 bits per heavy atom. The normalized spacial score (nSPS) is 11.5. The minimum Gasteiger partial charge on any atom is -0.330 e. The average molecular weight is 210 g/mol. The first kappa shape index (κ1) is 9.46. The number of nitrogens with zero attached hydrogens (tertiary/aromatic N) is 3. The first-order chi connectivity index (χ1) is 6.59. The van der Waals surface area contributed by atoms with Gasteiger partial charge in [-0.1, -0.05) is 11.6 Å². The highest BCUT2D eigenvalue weighted by molar-refractivity contribution is 6.33. The van der Waals surface area contributed by atoms with Gasteiger partial charge in [0, 0.05) is 12.2 Å². The third-order valence-corrected chi connectivity index (χ3v) is 2.48. The summed E-state index contributed by atoms with van der Waals surface area (Å²) in [7, 11) is 0. The number of rotatable bonds is 1. The minimum absolute atomic E-state index is 0.387. The van der Waals surface area contributed by atoms with Crippen molar-refractivity contribution in [3.8, 4) is 0 Å². The van der Waals surface area contributed by atoms with Gasteiger partial charge in [0.15, 0.2) is 0 Å². The van der Waals surface area contributed by atoms with Gasteiger partial charge in [-0.3, -0.25) is 0 Å². The van der Waals surface area contributed by atoms with Crippen LogP contribution in [0.2, 0.25) is 5.15 Å². The molecule has 0 atom stereocenters. The lowest BCUT2D eigenvalue weighted by Crippen LogP contribution is -2.01. The third-order valence-electron chi connectivity index (χ3n) is 2.19. The van der Waals surface area contributed by atoms with Crippen LogP contribution >= 0.6 is 11.6 Å². The fourth-order valence-corrected chi connectivity index (χ4v) is 1.79. The van der Waals surface area contributed by atoms with Crippen molar-refractivity contribution >= 4 is 22.6 Å². The first-order valence-electron chi connectivity index (χ1n) is 4.60. The molecule has 0 unspecified atom stereocenters. The van der Waals surface area contributed by atoms with E-state index in [1.54, 1.807) is 0 Å². The van der Waals surface area contributed by atoms with Crippen molar-refractivity contribution in [3.05, 3.63) is 23.2 Å². The lowest BCUT2D eigenvalue weighted by Gasteiger charge is -2.08. The molecule has 14 heavy (non-hydrogen) atoms.